The summed E-state index contributed by atoms with van der Waals surface area (Å²) in [7, 11) is 0. The Morgan fingerprint density at radius 2 is 2.03 bits per heavy atom. The van der Waals surface area contributed by atoms with Crippen LogP contribution in [0.25, 0.3) is 11.8 Å². The number of phenolic OH excluding ortho intramolecular Hbond substituents is 1. The fraction of sp³-hybridized carbons (Fsp3) is 0.115. The number of ether oxygens (including phenoxy) is 1. The third-order valence-electron chi connectivity index (χ3n) is 5.75. The molecule has 0 aliphatic carbocycles. The Morgan fingerprint density at radius 1 is 1.26 bits per heavy atom. The first-order valence-electron chi connectivity index (χ1n) is 11.3. The molecule has 0 saturated carbocycles. The van der Waals surface area contributed by atoms with Gasteiger partial charge in [-0.25, -0.2) is 9.79 Å². The molecule has 0 saturated heterocycles. The van der Waals surface area contributed by atoms with Crippen molar-refractivity contribution in [1.82, 2.24) is 4.57 Å². The Morgan fingerprint density at radius 3 is 2.68 bits per heavy atom. The molecule has 1 aliphatic rings. The lowest BCUT2D eigenvalue weighted by molar-refractivity contribution is -0.386. The van der Waals surface area contributed by atoms with E-state index in [0.717, 1.165) is 16.2 Å². The molecule has 1 aliphatic heterocycles. The molecule has 0 spiro atoms. The van der Waals surface area contributed by atoms with E-state index in [-0.39, 0.29) is 20.3 Å². The highest BCUT2D eigenvalue weighted by atomic mass is 127. The predicted molar refractivity (Wildman–Crippen MR) is 153 cm³/mol. The van der Waals surface area contributed by atoms with E-state index in [1.165, 1.54) is 28.0 Å². The maximum Gasteiger partial charge on any atom is 0.338 e. The number of halogens is 1. The monoisotopic (exact) mass is 659 g/mol. The summed E-state index contributed by atoms with van der Waals surface area (Å²) in [5, 5.41) is 23.3. The van der Waals surface area contributed by atoms with Crippen LogP contribution in [-0.2, 0) is 9.53 Å². The number of thiophene rings is 1. The quantitative estimate of drug-likeness (QED) is 0.143. The number of phenols is 1. The van der Waals surface area contributed by atoms with Crippen molar-refractivity contribution in [3.8, 4) is 5.75 Å². The van der Waals surface area contributed by atoms with Gasteiger partial charge in [0.2, 0.25) is 5.75 Å². The Balaban J connectivity index is 1.80. The second kappa shape index (κ2) is 10.6. The normalized spacial score (nSPS) is 15.2. The molecule has 3 heterocycles. The van der Waals surface area contributed by atoms with Gasteiger partial charge < -0.3 is 9.84 Å². The van der Waals surface area contributed by atoms with Crippen molar-refractivity contribution in [2.75, 3.05) is 6.61 Å². The minimum atomic E-state index is -0.767. The number of hydrogen-bond acceptors (Lipinski definition) is 9. The molecule has 1 atom stereocenters. The molecule has 192 valence electrons. The van der Waals surface area contributed by atoms with Gasteiger partial charge in [0.1, 0.15) is 6.04 Å². The zero-order chi connectivity index (χ0) is 27.0. The number of benzene rings is 2. The largest absolute Gasteiger partial charge is 0.501 e. The van der Waals surface area contributed by atoms with Crippen molar-refractivity contribution in [2.45, 2.75) is 13.0 Å². The van der Waals surface area contributed by atoms with Gasteiger partial charge in [0.15, 0.2) is 4.80 Å². The summed E-state index contributed by atoms with van der Waals surface area (Å²) in [6, 6.07) is 14.9. The summed E-state index contributed by atoms with van der Waals surface area (Å²) in [6.45, 7) is 1.87. The van der Waals surface area contributed by atoms with Crippen LogP contribution in [0.15, 0.2) is 75.3 Å². The van der Waals surface area contributed by atoms with Crippen molar-refractivity contribution in [1.29, 1.82) is 0 Å². The molecule has 12 heteroatoms. The third-order valence-corrected chi connectivity index (χ3v) is 8.48. The van der Waals surface area contributed by atoms with Gasteiger partial charge in [0, 0.05) is 16.5 Å². The molecule has 5 rings (SSSR count). The summed E-state index contributed by atoms with van der Waals surface area (Å²) in [4.78, 5) is 43.8. The van der Waals surface area contributed by atoms with Crippen molar-refractivity contribution >= 4 is 68.7 Å². The van der Waals surface area contributed by atoms with Crippen molar-refractivity contribution in [3.63, 3.8) is 0 Å². The summed E-state index contributed by atoms with van der Waals surface area (Å²) >= 11 is 4.33. The summed E-state index contributed by atoms with van der Waals surface area (Å²) < 4.78 is 7.45. The van der Waals surface area contributed by atoms with Crippen molar-refractivity contribution in [2.24, 2.45) is 4.99 Å². The van der Waals surface area contributed by atoms with Crippen molar-refractivity contribution < 1.29 is 19.6 Å². The maximum atomic E-state index is 13.8. The molecule has 0 amide bonds. The van der Waals surface area contributed by atoms with Gasteiger partial charge in [-0.2, -0.15) is 0 Å². The zero-order valence-corrected chi connectivity index (χ0v) is 23.5. The molecule has 0 unspecified atom stereocenters. The van der Waals surface area contributed by atoms with Crippen LogP contribution in [0.5, 0.6) is 5.75 Å². The number of nitro groups is 1. The van der Waals surface area contributed by atoms with Gasteiger partial charge >= 0.3 is 11.7 Å². The average Bonchev–Trinajstić information content (AvgIpc) is 3.54. The van der Waals surface area contributed by atoms with Gasteiger partial charge in [-0.3, -0.25) is 19.5 Å². The van der Waals surface area contributed by atoms with E-state index < -0.39 is 33.9 Å². The second-order valence-electron chi connectivity index (χ2n) is 8.07. The lowest BCUT2D eigenvalue weighted by Crippen LogP contribution is -2.39. The van der Waals surface area contributed by atoms with Gasteiger partial charge in [-0.05, 0) is 58.7 Å². The Kier molecular flexibility index (Phi) is 7.27. The minimum Gasteiger partial charge on any atom is -0.501 e. The SMILES string of the molecule is CCOC(=O)C1=C(c2ccccc2)N=c2s/c(=C\c3cc(I)c(O)c([N+](=O)[O-])c3)c(=O)n2[C@@H]1c1cccs1. The highest BCUT2D eigenvalue weighted by Crippen LogP contribution is 2.37. The topological polar surface area (TPSA) is 124 Å². The molecule has 4 aromatic rings. The number of fused-ring (bicyclic) bond motifs is 1. The average molecular weight is 659 g/mol. The van der Waals surface area contributed by atoms with E-state index in [4.69, 9.17) is 9.73 Å². The molecule has 0 radical (unpaired) electrons. The van der Waals surface area contributed by atoms with E-state index >= 15 is 0 Å². The van der Waals surface area contributed by atoms with E-state index in [1.807, 2.05) is 47.8 Å². The number of carbonyl (C=O) groups excluding carboxylic acids is 1. The lowest BCUT2D eigenvalue weighted by atomic mass is 9.97. The number of esters is 1. The van der Waals surface area contributed by atoms with Crippen LogP contribution in [-0.4, -0.2) is 27.2 Å². The Labute approximate surface area is 237 Å². The van der Waals surface area contributed by atoms with Crippen molar-refractivity contribution in [3.05, 3.63) is 115 Å². The van der Waals surface area contributed by atoms with Crippen LogP contribution in [0.4, 0.5) is 5.69 Å². The summed E-state index contributed by atoms with van der Waals surface area (Å²) in [6.07, 6.45) is 1.53. The van der Waals surface area contributed by atoms with E-state index in [9.17, 15) is 24.8 Å². The Hall–Kier alpha value is -3.62. The number of nitro benzene ring substituents is 1. The smallest absolute Gasteiger partial charge is 0.338 e. The van der Waals surface area contributed by atoms with Crippen LogP contribution in [0.1, 0.15) is 29.0 Å². The molecule has 2 aromatic carbocycles. The highest BCUT2D eigenvalue weighted by Gasteiger charge is 2.35. The van der Waals surface area contributed by atoms with Crippen LogP contribution in [0.3, 0.4) is 0 Å². The molecule has 9 nitrogen and oxygen atoms in total. The van der Waals surface area contributed by atoms with Gasteiger partial charge in [0.25, 0.3) is 5.56 Å². The summed E-state index contributed by atoms with van der Waals surface area (Å²) in [5.74, 6) is -0.995. The lowest BCUT2D eigenvalue weighted by Gasteiger charge is -2.24. The first-order valence-corrected chi connectivity index (χ1v) is 14.1. The number of aromatic nitrogens is 1. The predicted octanol–water partition coefficient (Wildman–Crippen LogP) is 4.22. The van der Waals surface area contributed by atoms with Gasteiger partial charge in [-0.1, -0.05) is 47.7 Å². The van der Waals surface area contributed by atoms with Gasteiger partial charge in [0.05, 0.1) is 30.9 Å². The van der Waals surface area contributed by atoms with E-state index in [1.54, 1.807) is 35.6 Å². The molecule has 1 N–H and O–H groups in total. The fourth-order valence-corrected chi connectivity index (χ4v) is 6.60. The number of aromatic hydroxyl groups is 1. The van der Waals surface area contributed by atoms with Gasteiger partial charge in [-0.15, -0.1) is 11.3 Å². The van der Waals surface area contributed by atoms with Crippen LogP contribution in [0.2, 0.25) is 0 Å². The maximum absolute atomic E-state index is 13.8. The number of nitrogens with zero attached hydrogens (tertiary/aromatic N) is 3. The summed E-state index contributed by atoms with van der Waals surface area (Å²) in [5.41, 5.74) is 0.915. The molecule has 0 fully saturated rings. The third kappa shape index (κ3) is 4.70. The number of thiazole rings is 1. The standard InChI is InChI=1S/C26H18IN3O6S2/c1-2-36-25(33)20-21(15-7-4-3-5-8-15)28-26-29(22(20)18-9-6-10-37-18)24(32)19(38-26)13-14-11-16(27)23(31)17(12-14)30(34)35/h3-13,22,31H,2H2,1H3/b19-13-/t22-/m1/s1. The number of rotatable bonds is 6. The first-order chi connectivity index (χ1) is 18.3. The highest BCUT2D eigenvalue weighted by molar-refractivity contribution is 14.1. The molecular weight excluding hydrogens is 641 g/mol. The van der Waals surface area contributed by atoms with E-state index in [0.29, 0.717) is 21.6 Å². The van der Waals surface area contributed by atoms with Crippen LogP contribution >= 0.6 is 45.3 Å². The number of hydrogen-bond donors (Lipinski definition) is 1. The Bertz CT molecular complexity index is 1780. The number of carbonyl (C=O) groups is 1. The van der Waals surface area contributed by atoms with Crippen LogP contribution < -0.4 is 14.9 Å². The zero-order valence-electron chi connectivity index (χ0n) is 19.7. The first kappa shape index (κ1) is 26.0. The van der Waals surface area contributed by atoms with Crippen LogP contribution in [0, 0.1) is 13.7 Å². The molecular formula is C26H18IN3O6S2. The minimum absolute atomic E-state index is 0.157. The molecule has 0 bridgehead atoms. The fourth-order valence-electron chi connectivity index (χ4n) is 4.14. The molecule has 2 aromatic heterocycles. The molecule has 38 heavy (non-hydrogen) atoms. The second-order valence-corrected chi connectivity index (χ2v) is 11.2. The van der Waals surface area contributed by atoms with E-state index in [2.05, 4.69) is 0 Å².